The monoisotopic (exact) mass is 509 g/mol. The van der Waals surface area contributed by atoms with Crippen LogP contribution in [0.5, 0.6) is 5.75 Å². The number of thiophene rings is 1. The number of carbonyl (C=O) groups excluding carboxylic acids is 2. The number of fused-ring (bicyclic) bond motifs is 2. The number of ether oxygens (including phenoxy) is 1. The number of hydrogen-bond donors (Lipinski definition) is 1. The Kier molecular flexibility index (Phi) is 6.04. The molecule has 34 heavy (non-hydrogen) atoms. The summed E-state index contributed by atoms with van der Waals surface area (Å²) in [5.74, 6) is -0.0888. The van der Waals surface area contributed by atoms with Crippen molar-refractivity contribution in [2.75, 3.05) is 11.9 Å². The number of carbonyl (C=O) groups is 2. The van der Waals surface area contributed by atoms with E-state index in [-0.39, 0.29) is 11.5 Å². The molecular weight excluding hydrogens is 493 g/mol. The van der Waals surface area contributed by atoms with Crippen molar-refractivity contribution in [2.45, 2.75) is 6.92 Å². The fourth-order valence-corrected chi connectivity index (χ4v) is 5.37. The average molecular weight is 510 g/mol. The molecule has 170 valence electrons. The van der Waals surface area contributed by atoms with E-state index in [0.717, 1.165) is 10.1 Å². The number of ketones is 1. The number of furan rings is 1. The molecule has 8 heteroatoms. The lowest BCUT2D eigenvalue weighted by molar-refractivity contribution is 0.101. The second kappa shape index (κ2) is 9.14. The predicted octanol–water partition coefficient (Wildman–Crippen LogP) is 7.84. The quantitative estimate of drug-likeness (QED) is 0.236. The van der Waals surface area contributed by atoms with E-state index in [9.17, 15) is 9.59 Å². The number of nitrogens with one attached hydrogen (secondary N) is 1. The summed E-state index contributed by atoms with van der Waals surface area (Å²) in [4.78, 5) is 26.9. The maximum Gasteiger partial charge on any atom is 0.267 e. The van der Waals surface area contributed by atoms with Gasteiger partial charge in [0, 0.05) is 26.1 Å². The highest BCUT2D eigenvalue weighted by Crippen LogP contribution is 2.38. The van der Waals surface area contributed by atoms with Crippen LogP contribution in [0, 0.1) is 0 Å². The molecule has 3 aromatic carbocycles. The Labute approximate surface area is 208 Å². The molecule has 0 aliphatic heterocycles. The average Bonchev–Trinajstić information content (AvgIpc) is 3.37. The predicted molar refractivity (Wildman–Crippen MR) is 137 cm³/mol. The molecule has 5 rings (SSSR count). The molecule has 1 N–H and O–H groups in total. The molecule has 0 spiro atoms. The zero-order valence-corrected chi connectivity index (χ0v) is 20.2. The van der Waals surface area contributed by atoms with Crippen molar-refractivity contribution in [3.05, 3.63) is 93.0 Å². The molecule has 0 radical (unpaired) electrons. The summed E-state index contributed by atoms with van der Waals surface area (Å²) < 4.78 is 12.1. The van der Waals surface area contributed by atoms with Crippen molar-refractivity contribution in [3.63, 3.8) is 0 Å². The van der Waals surface area contributed by atoms with Crippen LogP contribution in [0.1, 0.15) is 32.7 Å². The van der Waals surface area contributed by atoms with E-state index in [4.69, 9.17) is 32.4 Å². The molecule has 2 heterocycles. The highest BCUT2D eigenvalue weighted by molar-refractivity contribution is 7.21. The summed E-state index contributed by atoms with van der Waals surface area (Å²) in [6.07, 6.45) is 0. The normalized spacial score (nSPS) is 11.1. The minimum atomic E-state index is -0.436. The lowest BCUT2D eigenvalue weighted by Crippen LogP contribution is -2.13. The first-order chi connectivity index (χ1) is 16.5. The fourth-order valence-electron chi connectivity index (χ4n) is 3.69. The van der Waals surface area contributed by atoms with Gasteiger partial charge in [-0.3, -0.25) is 9.59 Å². The molecule has 0 saturated heterocycles. The molecule has 0 unspecified atom stereocenters. The molecule has 0 saturated carbocycles. The van der Waals surface area contributed by atoms with Gasteiger partial charge in [-0.2, -0.15) is 0 Å². The van der Waals surface area contributed by atoms with Crippen LogP contribution >= 0.6 is 34.5 Å². The van der Waals surface area contributed by atoms with Crippen molar-refractivity contribution >= 4 is 73.0 Å². The Morgan fingerprint density at radius 2 is 1.76 bits per heavy atom. The summed E-state index contributed by atoms with van der Waals surface area (Å²) in [5.41, 5.74) is 1.19. The molecule has 5 nitrogen and oxygen atoms in total. The Balaban J connectivity index is 1.54. The highest BCUT2D eigenvalue weighted by Gasteiger charge is 2.25. The molecule has 0 bridgehead atoms. The number of para-hydroxylation sites is 1. The van der Waals surface area contributed by atoms with Crippen LogP contribution in [0.4, 0.5) is 5.69 Å². The van der Waals surface area contributed by atoms with E-state index >= 15 is 0 Å². The van der Waals surface area contributed by atoms with Crippen molar-refractivity contribution in [3.8, 4) is 5.75 Å². The van der Waals surface area contributed by atoms with Crippen LogP contribution in [0.15, 0.2) is 71.1 Å². The number of anilines is 1. The minimum Gasteiger partial charge on any atom is -0.494 e. The van der Waals surface area contributed by atoms with Gasteiger partial charge in [0.05, 0.1) is 17.3 Å². The van der Waals surface area contributed by atoms with Crippen LogP contribution < -0.4 is 10.1 Å². The van der Waals surface area contributed by atoms with Crippen molar-refractivity contribution in [1.29, 1.82) is 0 Å². The smallest absolute Gasteiger partial charge is 0.267 e. The minimum absolute atomic E-state index is 0.0407. The number of rotatable bonds is 6. The van der Waals surface area contributed by atoms with Gasteiger partial charge in [0.25, 0.3) is 5.91 Å². The topological polar surface area (TPSA) is 68.5 Å². The largest absolute Gasteiger partial charge is 0.494 e. The Morgan fingerprint density at radius 3 is 2.53 bits per heavy atom. The molecule has 0 fully saturated rings. The zero-order chi connectivity index (χ0) is 23.8. The Bertz CT molecular complexity index is 1550. The third-order valence-corrected chi connectivity index (χ3v) is 7.16. The van der Waals surface area contributed by atoms with Gasteiger partial charge >= 0.3 is 0 Å². The third-order valence-electron chi connectivity index (χ3n) is 5.27. The van der Waals surface area contributed by atoms with Gasteiger partial charge in [-0.15, -0.1) is 11.3 Å². The lowest BCUT2D eigenvalue weighted by Gasteiger charge is -2.06. The summed E-state index contributed by atoms with van der Waals surface area (Å²) in [6.45, 7) is 2.42. The summed E-state index contributed by atoms with van der Waals surface area (Å²) in [6, 6.07) is 19.2. The van der Waals surface area contributed by atoms with E-state index in [2.05, 4.69) is 5.32 Å². The SMILES string of the molecule is CCOc1ccc(C(=O)c2oc3ccccc3c2NC(=O)c2sc3cc(Cl)ccc3c2Cl)cc1. The van der Waals surface area contributed by atoms with Crippen LogP contribution in [0.2, 0.25) is 10.0 Å². The van der Waals surface area contributed by atoms with Gasteiger partial charge in [0.2, 0.25) is 5.78 Å². The van der Waals surface area contributed by atoms with Gasteiger partial charge in [0.15, 0.2) is 5.76 Å². The van der Waals surface area contributed by atoms with E-state index in [1.807, 2.05) is 13.0 Å². The Hall–Kier alpha value is -3.32. The van der Waals surface area contributed by atoms with E-state index < -0.39 is 5.91 Å². The van der Waals surface area contributed by atoms with Crippen LogP contribution in [0.25, 0.3) is 21.1 Å². The molecule has 5 aromatic rings. The van der Waals surface area contributed by atoms with E-state index in [1.54, 1.807) is 60.7 Å². The first-order valence-corrected chi connectivity index (χ1v) is 12.0. The standard InChI is InChI=1S/C26H17Cl2NO4S/c1-2-32-16-10-7-14(8-11-16)23(30)24-22(17-5-3-4-6-19(17)33-24)29-26(31)25-21(28)18-12-9-15(27)13-20(18)34-25/h3-13H,2H2,1H3,(H,29,31). The Morgan fingerprint density at radius 1 is 1.00 bits per heavy atom. The second-order valence-electron chi connectivity index (χ2n) is 7.43. The maximum absolute atomic E-state index is 13.3. The van der Waals surface area contributed by atoms with Gasteiger partial charge in [-0.05, 0) is 55.5 Å². The number of amides is 1. The van der Waals surface area contributed by atoms with Crippen LogP contribution in [0.3, 0.4) is 0 Å². The molecule has 0 aliphatic rings. The van der Waals surface area contributed by atoms with E-state index in [1.165, 1.54) is 11.3 Å². The summed E-state index contributed by atoms with van der Waals surface area (Å²) in [5, 5.41) is 5.11. The summed E-state index contributed by atoms with van der Waals surface area (Å²) >= 11 is 13.8. The maximum atomic E-state index is 13.3. The summed E-state index contributed by atoms with van der Waals surface area (Å²) in [7, 11) is 0. The molecule has 0 aliphatic carbocycles. The van der Waals surface area contributed by atoms with Crippen molar-refractivity contribution < 1.29 is 18.7 Å². The van der Waals surface area contributed by atoms with Gasteiger partial charge in [0.1, 0.15) is 16.2 Å². The van der Waals surface area contributed by atoms with E-state index in [0.29, 0.717) is 49.5 Å². The van der Waals surface area contributed by atoms with Crippen LogP contribution in [-0.4, -0.2) is 18.3 Å². The molecule has 0 atom stereocenters. The highest BCUT2D eigenvalue weighted by atomic mass is 35.5. The van der Waals surface area contributed by atoms with Crippen molar-refractivity contribution in [2.24, 2.45) is 0 Å². The second-order valence-corrected chi connectivity index (χ2v) is 9.30. The first kappa shape index (κ1) is 22.5. The molecule has 2 aromatic heterocycles. The van der Waals surface area contributed by atoms with Crippen molar-refractivity contribution in [1.82, 2.24) is 0 Å². The zero-order valence-electron chi connectivity index (χ0n) is 17.9. The van der Waals surface area contributed by atoms with Gasteiger partial charge in [-0.1, -0.05) is 41.4 Å². The van der Waals surface area contributed by atoms with Crippen LogP contribution in [-0.2, 0) is 0 Å². The lowest BCUT2D eigenvalue weighted by atomic mass is 10.1. The first-order valence-electron chi connectivity index (χ1n) is 10.4. The van der Waals surface area contributed by atoms with Gasteiger partial charge in [-0.25, -0.2) is 0 Å². The molecular formula is C26H17Cl2NO4S. The third kappa shape index (κ3) is 4.05. The number of hydrogen-bond acceptors (Lipinski definition) is 5. The molecule has 1 amide bonds. The number of benzene rings is 3. The fraction of sp³-hybridized carbons (Fsp3) is 0.0769. The number of halogens is 2. The van der Waals surface area contributed by atoms with Gasteiger partial charge < -0.3 is 14.5 Å².